The first-order chi connectivity index (χ1) is 20.2. The highest BCUT2D eigenvalue weighted by Gasteiger charge is 2.34. The lowest BCUT2D eigenvalue weighted by Crippen LogP contribution is -2.48. The molecule has 214 valence electrons. The molecule has 1 aliphatic heterocycles. The molecular formula is C35H37ClN5O+. The molecule has 1 aliphatic rings. The molecule has 0 saturated carbocycles. The molecule has 1 atom stereocenters. The van der Waals surface area contributed by atoms with Crippen molar-refractivity contribution in [1.29, 1.82) is 5.41 Å². The lowest BCUT2D eigenvalue weighted by molar-refractivity contribution is -0.896. The minimum absolute atomic E-state index is 0.0296. The van der Waals surface area contributed by atoms with E-state index in [4.69, 9.17) is 22.7 Å². The standard InChI is InChI=1S/C35H36ClN5O/c1-41(2)16-14-24(15-17-41)33(28-11-10-26-20-30(36)13-12-25(26)19-28)39-35(42)32-21-27-7-3-4-9-31(27)40(32)22-23-6-5-8-29(18-23)34(37)38/h3-13,18-21,24,33H,14-17,22H2,1-2H3,(H3-,37,38,39,42)/p+1/t33-/m1/s1. The summed E-state index contributed by atoms with van der Waals surface area (Å²) in [6, 6.07) is 30.0. The number of hydrogen-bond acceptors (Lipinski definition) is 2. The Labute approximate surface area is 251 Å². The number of halogens is 1. The highest BCUT2D eigenvalue weighted by atomic mass is 35.5. The van der Waals surface area contributed by atoms with E-state index in [0.717, 1.165) is 63.2 Å². The fourth-order valence-corrected chi connectivity index (χ4v) is 6.51. The van der Waals surface area contributed by atoms with Crippen molar-refractivity contribution in [2.75, 3.05) is 27.2 Å². The van der Waals surface area contributed by atoms with Crippen LogP contribution in [0.2, 0.25) is 5.02 Å². The fraction of sp³-hybridized carbons (Fsp3) is 0.257. The molecular weight excluding hydrogens is 542 g/mol. The average Bonchev–Trinajstić information content (AvgIpc) is 3.34. The van der Waals surface area contributed by atoms with Crippen LogP contribution in [-0.4, -0.2) is 48.0 Å². The first kappa shape index (κ1) is 28.0. The smallest absolute Gasteiger partial charge is 0.268 e. The SMILES string of the molecule is C[N+]1(C)CCC([C@@H](NC(=O)c2cc3ccccc3n2Cc2cccc(C(=N)N)c2)c2ccc3cc(Cl)ccc3c2)CC1. The van der Waals surface area contributed by atoms with Crippen LogP contribution in [0, 0.1) is 11.3 Å². The Kier molecular flexibility index (Phi) is 7.52. The third kappa shape index (κ3) is 5.78. The number of nitrogen functional groups attached to an aromatic ring is 1. The first-order valence-corrected chi connectivity index (χ1v) is 14.9. The number of carbonyl (C=O) groups excluding carboxylic acids is 1. The molecule has 6 rings (SSSR count). The molecule has 4 N–H and O–H groups in total. The highest BCUT2D eigenvalue weighted by Crippen LogP contribution is 2.35. The number of amidine groups is 1. The Hall–Kier alpha value is -4.13. The van der Waals surface area contributed by atoms with Gasteiger partial charge in [-0.05, 0) is 64.2 Å². The largest absolute Gasteiger partial charge is 0.384 e. The van der Waals surface area contributed by atoms with Crippen LogP contribution in [0.4, 0.5) is 0 Å². The molecule has 0 bridgehead atoms. The molecule has 0 aliphatic carbocycles. The van der Waals surface area contributed by atoms with Gasteiger partial charge in [0.15, 0.2) is 0 Å². The summed E-state index contributed by atoms with van der Waals surface area (Å²) in [6.07, 6.45) is 2.08. The van der Waals surface area contributed by atoms with E-state index in [1.54, 1.807) is 0 Å². The maximum atomic E-state index is 14.3. The Morgan fingerprint density at radius 1 is 0.952 bits per heavy atom. The van der Waals surface area contributed by atoms with Crippen LogP contribution in [0.5, 0.6) is 0 Å². The molecule has 2 heterocycles. The number of likely N-dealkylation sites (tertiary alicyclic amines) is 1. The van der Waals surface area contributed by atoms with Gasteiger partial charge in [-0.3, -0.25) is 10.2 Å². The van der Waals surface area contributed by atoms with Crippen LogP contribution in [0.15, 0.2) is 91.0 Å². The van der Waals surface area contributed by atoms with Gasteiger partial charge >= 0.3 is 0 Å². The summed E-state index contributed by atoms with van der Waals surface area (Å²) in [5.74, 6) is 0.270. The number of nitrogens with zero attached hydrogens (tertiary/aromatic N) is 2. The second-order valence-electron chi connectivity index (χ2n) is 12.2. The van der Waals surface area contributed by atoms with E-state index in [9.17, 15) is 4.79 Å². The van der Waals surface area contributed by atoms with Crippen molar-refractivity contribution in [3.63, 3.8) is 0 Å². The van der Waals surface area contributed by atoms with Crippen molar-refractivity contribution in [2.24, 2.45) is 11.7 Å². The third-order valence-corrected chi connectivity index (χ3v) is 9.01. The third-order valence-electron chi connectivity index (χ3n) is 8.78. The van der Waals surface area contributed by atoms with E-state index in [1.165, 1.54) is 0 Å². The number of quaternary nitrogens is 1. The van der Waals surface area contributed by atoms with Gasteiger partial charge in [0.25, 0.3) is 5.91 Å². The predicted octanol–water partition coefficient (Wildman–Crippen LogP) is 6.74. The summed E-state index contributed by atoms with van der Waals surface area (Å²) in [5, 5.41) is 15.3. The molecule has 5 aromatic rings. The Balaban J connectivity index is 1.37. The molecule has 4 aromatic carbocycles. The van der Waals surface area contributed by atoms with Crippen LogP contribution in [0.25, 0.3) is 21.7 Å². The second-order valence-corrected chi connectivity index (χ2v) is 12.6. The monoisotopic (exact) mass is 578 g/mol. The van der Waals surface area contributed by atoms with E-state index in [2.05, 4.69) is 42.2 Å². The van der Waals surface area contributed by atoms with Crippen LogP contribution in [0.1, 0.15) is 46.1 Å². The number of nitrogens with two attached hydrogens (primary N) is 1. The maximum absolute atomic E-state index is 14.3. The zero-order chi connectivity index (χ0) is 29.4. The van der Waals surface area contributed by atoms with Gasteiger partial charge in [-0.15, -0.1) is 0 Å². The molecule has 1 amide bonds. The van der Waals surface area contributed by atoms with Gasteiger partial charge < -0.3 is 20.1 Å². The fourth-order valence-electron chi connectivity index (χ4n) is 6.33. The van der Waals surface area contributed by atoms with E-state index in [-0.39, 0.29) is 17.8 Å². The van der Waals surface area contributed by atoms with Gasteiger partial charge in [-0.1, -0.05) is 66.2 Å². The quantitative estimate of drug-likeness (QED) is 0.114. The molecule has 6 nitrogen and oxygen atoms in total. The van der Waals surface area contributed by atoms with Crippen molar-refractivity contribution >= 4 is 45.0 Å². The number of amides is 1. The topological polar surface area (TPSA) is 83.9 Å². The maximum Gasteiger partial charge on any atom is 0.268 e. The van der Waals surface area contributed by atoms with E-state index >= 15 is 0 Å². The van der Waals surface area contributed by atoms with Gasteiger partial charge in [0.05, 0.1) is 33.2 Å². The minimum Gasteiger partial charge on any atom is -0.384 e. The molecule has 1 fully saturated rings. The number of nitrogens with one attached hydrogen (secondary N) is 2. The normalized spacial score (nSPS) is 16.0. The predicted molar refractivity (Wildman–Crippen MR) is 172 cm³/mol. The molecule has 42 heavy (non-hydrogen) atoms. The Bertz CT molecular complexity index is 1800. The number of aromatic nitrogens is 1. The minimum atomic E-state index is -0.120. The number of para-hydroxylation sites is 1. The summed E-state index contributed by atoms with van der Waals surface area (Å²) < 4.78 is 3.07. The summed E-state index contributed by atoms with van der Waals surface area (Å²) >= 11 is 6.26. The van der Waals surface area contributed by atoms with Crippen molar-refractivity contribution < 1.29 is 9.28 Å². The lowest BCUT2D eigenvalue weighted by Gasteiger charge is -2.40. The van der Waals surface area contributed by atoms with Crippen LogP contribution in [-0.2, 0) is 6.54 Å². The van der Waals surface area contributed by atoms with Gasteiger partial charge in [-0.2, -0.15) is 0 Å². The first-order valence-electron chi connectivity index (χ1n) is 14.5. The van der Waals surface area contributed by atoms with E-state index in [0.29, 0.717) is 28.7 Å². The van der Waals surface area contributed by atoms with Crippen molar-refractivity contribution in [1.82, 2.24) is 9.88 Å². The number of hydrogen-bond donors (Lipinski definition) is 3. The number of piperidine rings is 1. The summed E-state index contributed by atoms with van der Waals surface area (Å²) in [5.41, 5.74) is 10.2. The summed E-state index contributed by atoms with van der Waals surface area (Å²) in [6.45, 7) is 2.65. The van der Waals surface area contributed by atoms with Gasteiger partial charge in [0, 0.05) is 40.9 Å². The summed E-state index contributed by atoms with van der Waals surface area (Å²) in [4.78, 5) is 14.3. The lowest BCUT2D eigenvalue weighted by atomic mass is 9.84. The van der Waals surface area contributed by atoms with E-state index < -0.39 is 0 Å². The number of carbonyl (C=O) groups is 1. The molecule has 0 spiro atoms. The summed E-state index contributed by atoms with van der Waals surface area (Å²) in [7, 11) is 4.56. The number of rotatable bonds is 7. The zero-order valence-electron chi connectivity index (χ0n) is 24.1. The van der Waals surface area contributed by atoms with Crippen molar-refractivity contribution in [3.05, 3.63) is 118 Å². The van der Waals surface area contributed by atoms with Gasteiger partial charge in [0.1, 0.15) is 11.5 Å². The Morgan fingerprint density at radius 2 is 1.69 bits per heavy atom. The van der Waals surface area contributed by atoms with Crippen LogP contribution < -0.4 is 11.1 Å². The van der Waals surface area contributed by atoms with Crippen LogP contribution >= 0.6 is 11.6 Å². The molecule has 0 radical (unpaired) electrons. The van der Waals surface area contributed by atoms with Crippen molar-refractivity contribution in [2.45, 2.75) is 25.4 Å². The number of fused-ring (bicyclic) bond motifs is 2. The molecule has 1 saturated heterocycles. The van der Waals surface area contributed by atoms with E-state index in [1.807, 2.05) is 72.8 Å². The molecule has 7 heteroatoms. The van der Waals surface area contributed by atoms with Crippen molar-refractivity contribution in [3.8, 4) is 0 Å². The zero-order valence-corrected chi connectivity index (χ0v) is 24.9. The van der Waals surface area contributed by atoms with Gasteiger partial charge in [0.2, 0.25) is 0 Å². The van der Waals surface area contributed by atoms with Crippen LogP contribution in [0.3, 0.4) is 0 Å². The highest BCUT2D eigenvalue weighted by molar-refractivity contribution is 6.31. The molecule has 0 unspecified atom stereocenters. The second kappa shape index (κ2) is 11.3. The van der Waals surface area contributed by atoms with Gasteiger partial charge in [-0.25, -0.2) is 0 Å². The average molecular weight is 579 g/mol. The molecule has 1 aromatic heterocycles. The number of benzene rings is 4. The Morgan fingerprint density at radius 3 is 2.48 bits per heavy atom.